The Morgan fingerprint density at radius 1 is 0.846 bits per heavy atom. The van der Waals surface area contributed by atoms with Gasteiger partial charge in [0.25, 0.3) is 0 Å². The highest BCUT2D eigenvalue weighted by Gasteiger charge is 2.46. The number of esters is 2. The third-order valence-electron chi connectivity index (χ3n) is 6.35. The Kier molecular flexibility index (Phi) is 15.4. The monoisotopic (exact) mass is 553 g/mol. The fourth-order valence-electron chi connectivity index (χ4n) is 4.25. The summed E-state index contributed by atoms with van der Waals surface area (Å²) in [5, 5.41) is 31.9. The lowest BCUT2D eigenvalue weighted by molar-refractivity contribution is -0.263. The zero-order valence-electron chi connectivity index (χ0n) is 22.7. The topological polar surface area (TPSA) is 161 Å². The molecule has 1 saturated heterocycles. The zero-order chi connectivity index (χ0) is 28.5. The predicted molar refractivity (Wildman–Crippen MR) is 141 cm³/mol. The Morgan fingerprint density at radius 2 is 1.44 bits per heavy atom. The van der Waals surface area contributed by atoms with E-state index in [0.717, 1.165) is 50.9 Å². The summed E-state index contributed by atoms with van der Waals surface area (Å²) in [5.74, 6) is -1.38. The van der Waals surface area contributed by atoms with Gasteiger partial charge in [-0.3, -0.25) is 14.4 Å². The molecule has 39 heavy (non-hydrogen) atoms. The molecule has 4 N–H and O–H groups in total. The fraction of sp³-hybridized carbons (Fsp3) is 0.679. The van der Waals surface area contributed by atoms with Crippen molar-refractivity contribution in [2.45, 2.75) is 102 Å². The smallest absolute Gasteiger partial charge is 0.319 e. The Labute approximate surface area is 229 Å². The second-order valence-electron chi connectivity index (χ2n) is 9.66. The molecule has 0 saturated carbocycles. The molecule has 1 aromatic carbocycles. The van der Waals surface area contributed by atoms with Crippen LogP contribution in [0.4, 0.5) is 0 Å². The summed E-state index contributed by atoms with van der Waals surface area (Å²) in [6.45, 7) is 1.47. The molecular weight excluding hydrogens is 510 g/mol. The maximum absolute atomic E-state index is 12.2. The van der Waals surface area contributed by atoms with E-state index in [0.29, 0.717) is 6.42 Å². The molecule has 1 amide bonds. The Hall–Kier alpha value is -2.73. The van der Waals surface area contributed by atoms with E-state index in [4.69, 9.17) is 18.9 Å². The van der Waals surface area contributed by atoms with Crippen LogP contribution in [0, 0.1) is 0 Å². The molecule has 1 aromatic rings. The van der Waals surface area contributed by atoms with Crippen LogP contribution in [0.2, 0.25) is 0 Å². The number of hydrogen-bond acceptors (Lipinski definition) is 10. The number of carbonyl (C=O) groups is 3. The highest BCUT2D eigenvalue weighted by atomic mass is 16.7. The Balaban J connectivity index is 1.49. The lowest BCUT2D eigenvalue weighted by atomic mass is 9.97. The number of benzene rings is 1. The molecule has 0 unspecified atom stereocenters. The number of unbranched alkanes of at least 4 members (excludes halogenated alkanes) is 8. The lowest BCUT2D eigenvalue weighted by Gasteiger charge is -2.41. The fourth-order valence-corrected chi connectivity index (χ4v) is 4.25. The van der Waals surface area contributed by atoms with Crippen molar-refractivity contribution in [1.29, 1.82) is 0 Å². The minimum absolute atomic E-state index is 0.194. The number of amides is 1. The average Bonchev–Trinajstić information content (AvgIpc) is 2.91. The summed E-state index contributed by atoms with van der Waals surface area (Å²) in [4.78, 5) is 35.6. The summed E-state index contributed by atoms with van der Waals surface area (Å²) < 4.78 is 21.2. The molecule has 0 aromatic heterocycles. The maximum Gasteiger partial charge on any atom is 0.319 e. The largest absolute Gasteiger partial charge is 0.494 e. The van der Waals surface area contributed by atoms with E-state index in [1.165, 1.54) is 19.8 Å². The van der Waals surface area contributed by atoms with Crippen molar-refractivity contribution in [3.8, 4) is 5.75 Å². The number of para-hydroxylation sites is 1. The van der Waals surface area contributed by atoms with Crippen LogP contribution in [0.25, 0.3) is 0 Å². The van der Waals surface area contributed by atoms with Crippen molar-refractivity contribution in [2.75, 3.05) is 19.8 Å². The molecule has 1 heterocycles. The number of hydrogen-bond donors (Lipinski definition) is 4. The Bertz CT molecular complexity index is 852. The van der Waals surface area contributed by atoms with Crippen molar-refractivity contribution in [2.24, 2.45) is 0 Å². The molecule has 1 fully saturated rings. The summed E-state index contributed by atoms with van der Waals surface area (Å²) in [6.07, 6.45) is 3.05. The van der Waals surface area contributed by atoms with E-state index in [-0.39, 0.29) is 6.61 Å². The third kappa shape index (κ3) is 12.8. The number of aliphatic hydroxyl groups excluding tert-OH is 3. The van der Waals surface area contributed by atoms with Gasteiger partial charge < -0.3 is 39.6 Å². The summed E-state index contributed by atoms with van der Waals surface area (Å²) in [7, 11) is 0. The van der Waals surface area contributed by atoms with Crippen molar-refractivity contribution < 1.29 is 48.7 Å². The molecule has 0 bridgehead atoms. The van der Waals surface area contributed by atoms with Crippen LogP contribution in [-0.4, -0.2) is 83.6 Å². The van der Waals surface area contributed by atoms with Crippen LogP contribution < -0.4 is 10.1 Å². The number of nitrogens with one attached hydrogen (secondary N) is 1. The first-order valence-electron chi connectivity index (χ1n) is 13.7. The van der Waals surface area contributed by atoms with Crippen LogP contribution in [0.15, 0.2) is 30.3 Å². The van der Waals surface area contributed by atoms with Crippen LogP contribution in [0.3, 0.4) is 0 Å². The van der Waals surface area contributed by atoms with Gasteiger partial charge in [0.05, 0.1) is 19.8 Å². The second kappa shape index (κ2) is 18.5. The highest BCUT2D eigenvalue weighted by molar-refractivity contribution is 5.91. The molecule has 220 valence electrons. The highest BCUT2D eigenvalue weighted by Crippen LogP contribution is 2.22. The van der Waals surface area contributed by atoms with E-state index in [1.54, 1.807) is 0 Å². The minimum Gasteiger partial charge on any atom is -0.494 e. The first-order chi connectivity index (χ1) is 18.8. The number of ether oxygens (including phenoxy) is 4. The van der Waals surface area contributed by atoms with Crippen LogP contribution in [0.1, 0.15) is 71.1 Å². The molecule has 11 heteroatoms. The van der Waals surface area contributed by atoms with Crippen molar-refractivity contribution in [3.63, 3.8) is 0 Å². The third-order valence-corrected chi connectivity index (χ3v) is 6.35. The summed E-state index contributed by atoms with van der Waals surface area (Å²) in [5.41, 5.74) is 0. The van der Waals surface area contributed by atoms with Gasteiger partial charge in [-0.25, -0.2) is 0 Å². The minimum atomic E-state index is -1.55. The van der Waals surface area contributed by atoms with E-state index in [9.17, 15) is 29.7 Å². The van der Waals surface area contributed by atoms with Gasteiger partial charge in [-0.05, 0) is 25.0 Å². The quantitative estimate of drug-likeness (QED) is 0.120. The van der Waals surface area contributed by atoms with Gasteiger partial charge in [0.2, 0.25) is 12.2 Å². The molecule has 0 radical (unpaired) electrons. The normalized spacial score (nSPS) is 22.6. The van der Waals surface area contributed by atoms with Crippen molar-refractivity contribution >= 4 is 17.8 Å². The molecule has 2 rings (SSSR count). The SMILES string of the molecule is CC(=O)N[C@H]1[C@@H](OC(=O)CC(=O)OCCCCCCCCCCCOc2ccccc2)O[C@H](CO)[C@@H](O)[C@@H]1O. The van der Waals surface area contributed by atoms with Crippen LogP contribution in [0.5, 0.6) is 5.75 Å². The zero-order valence-corrected chi connectivity index (χ0v) is 22.7. The van der Waals surface area contributed by atoms with Crippen LogP contribution in [-0.2, 0) is 28.6 Å². The molecule has 11 nitrogen and oxygen atoms in total. The average molecular weight is 554 g/mol. The van der Waals surface area contributed by atoms with E-state index in [1.807, 2.05) is 30.3 Å². The summed E-state index contributed by atoms with van der Waals surface area (Å²) >= 11 is 0. The first kappa shape index (κ1) is 32.5. The molecule has 1 aliphatic heterocycles. The molecule has 1 aliphatic rings. The van der Waals surface area contributed by atoms with Gasteiger partial charge in [0.15, 0.2) is 0 Å². The van der Waals surface area contributed by atoms with Gasteiger partial charge >= 0.3 is 11.9 Å². The predicted octanol–water partition coefficient (Wildman–Crippen LogP) is 2.00. The van der Waals surface area contributed by atoms with E-state index in [2.05, 4.69) is 5.32 Å². The molecule has 0 aliphatic carbocycles. The second-order valence-corrected chi connectivity index (χ2v) is 9.66. The van der Waals surface area contributed by atoms with Gasteiger partial charge in [0.1, 0.15) is 36.5 Å². The maximum atomic E-state index is 12.2. The molecule has 5 atom stereocenters. The first-order valence-corrected chi connectivity index (χ1v) is 13.7. The number of carbonyl (C=O) groups excluding carboxylic acids is 3. The Morgan fingerprint density at radius 3 is 2.03 bits per heavy atom. The van der Waals surface area contributed by atoms with Gasteiger partial charge in [-0.2, -0.15) is 0 Å². The number of rotatable bonds is 18. The molecular formula is C28H43NO10. The van der Waals surface area contributed by atoms with Crippen molar-refractivity contribution in [3.05, 3.63) is 30.3 Å². The van der Waals surface area contributed by atoms with E-state index >= 15 is 0 Å². The lowest BCUT2D eigenvalue weighted by Crippen LogP contribution is -2.64. The van der Waals surface area contributed by atoms with Crippen molar-refractivity contribution in [1.82, 2.24) is 5.32 Å². The molecule has 0 spiro atoms. The van der Waals surface area contributed by atoms with Gasteiger partial charge in [0, 0.05) is 6.92 Å². The van der Waals surface area contributed by atoms with Gasteiger partial charge in [-0.1, -0.05) is 63.1 Å². The summed E-state index contributed by atoms with van der Waals surface area (Å²) in [6, 6.07) is 8.55. The van der Waals surface area contributed by atoms with Crippen LogP contribution >= 0.6 is 0 Å². The van der Waals surface area contributed by atoms with Gasteiger partial charge in [-0.15, -0.1) is 0 Å². The van der Waals surface area contributed by atoms with E-state index < -0.39 is 61.5 Å². The standard InChI is InChI=1S/C28H43NO10/c1-20(31)29-25-27(35)26(34)22(19-30)38-28(25)39-24(33)18-23(32)37-17-13-8-6-4-2-3-5-7-12-16-36-21-14-10-9-11-15-21/h9-11,14-15,22,25-28,30,34-35H,2-8,12-13,16-19H2,1H3,(H,29,31)/t22-,25-,26-,27-,28-/m1/s1. The number of aliphatic hydroxyl groups is 3.